The summed E-state index contributed by atoms with van der Waals surface area (Å²) in [6.45, 7) is 1.79. The minimum Gasteiger partial charge on any atom is -0.381 e. The molecular formula is C21H22FN3O4. The zero-order valence-electron chi connectivity index (χ0n) is 16.1. The number of hydrogen-bond donors (Lipinski definition) is 1. The van der Waals surface area contributed by atoms with Crippen molar-refractivity contribution in [1.82, 2.24) is 14.8 Å². The van der Waals surface area contributed by atoms with E-state index in [4.69, 9.17) is 4.74 Å². The highest BCUT2D eigenvalue weighted by Gasteiger charge is 2.32. The fourth-order valence-corrected chi connectivity index (χ4v) is 3.98. The smallest absolute Gasteiger partial charge is 0.268 e. The van der Waals surface area contributed by atoms with Crippen LogP contribution < -0.4 is 10.9 Å². The maximum atomic E-state index is 13.3. The number of hydrogen-bond acceptors (Lipinski definition) is 4. The molecule has 2 aliphatic heterocycles. The molecule has 2 aromatic rings. The third-order valence-corrected chi connectivity index (χ3v) is 5.55. The zero-order chi connectivity index (χ0) is 20.5. The van der Waals surface area contributed by atoms with Crippen LogP contribution in [0.15, 0.2) is 35.3 Å². The number of aromatic nitrogens is 1. The van der Waals surface area contributed by atoms with Crippen LogP contribution in [0.4, 0.5) is 4.39 Å². The van der Waals surface area contributed by atoms with Gasteiger partial charge in [-0.1, -0.05) is 0 Å². The van der Waals surface area contributed by atoms with Crippen molar-refractivity contribution in [2.75, 3.05) is 26.8 Å². The second-order valence-corrected chi connectivity index (χ2v) is 7.31. The van der Waals surface area contributed by atoms with E-state index in [0.717, 1.165) is 5.56 Å². The molecule has 1 atom stereocenters. The van der Waals surface area contributed by atoms with Gasteiger partial charge in [0.25, 0.3) is 11.5 Å². The lowest BCUT2D eigenvalue weighted by Crippen LogP contribution is -2.43. The summed E-state index contributed by atoms with van der Waals surface area (Å²) >= 11 is 0. The van der Waals surface area contributed by atoms with E-state index in [1.807, 2.05) is 0 Å². The third kappa shape index (κ3) is 3.55. The molecule has 0 saturated carbocycles. The van der Waals surface area contributed by atoms with Crippen molar-refractivity contribution in [2.45, 2.75) is 19.4 Å². The van der Waals surface area contributed by atoms with Crippen molar-refractivity contribution in [3.05, 3.63) is 63.3 Å². The monoisotopic (exact) mass is 399 g/mol. The Morgan fingerprint density at radius 1 is 1.24 bits per heavy atom. The van der Waals surface area contributed by atoms with E-state index < -0.39 is 17.3 Å². The van der Waals surface area contributed by atoms with Gasteiger partial charge in [0.15, 0.2) is 0 Å². The number of amides is 2. The molecule has 1 N–H and O–H groups in total. The molecule has 2 aliphatic rings. The molecule has 3 heterocycles. The summed E-state index contributed by atoms with van der Waals surface area (Å²) in [6.07, 6.45) is 2.79. The highest BCUT2D eigenvalue weighted by Crippen LogP contribution is 2.25. The molecule has 2 amide bonds. The molecule has 0 spiro atoms. The summed E-state index contributed by atoms with van der Waals surface area (Å²) in [5.41, 5.74) is 1.48. The van der Waals surface area contributed by atoms with Gasteiger partial charge in [-0.3, -0.25) is 19.0 Å². The van der Waals surface area contributed by atoms with E-state index in [2.05, 4.69) is 5.32 Å². The molecule has 7 nitrogen and oxygen atoms in total. The van der Waals surface area contributed by atoms with Crippen LogP contribution in [0.5, 0.6) is 0 Å². The van der Waals surface area contributed by atoms with E-state index in [9.17, 15) is 18.8 Å². The second-order valence-electron chi connectivity index (χ2n) is 7.31. The lowest BCUT2D eigenvalue weighted by Gasteiger charge is -2.32. The number of fused-ring (bicyclic) bond motifs is 1. The van der Waals surface area contributed by atoms with Gasteiger partial charge in [0, 0.05) is 38.6 Å². The van der Waals surface area contributed by atoms with Gasteiger partial charge in [-0.25, -0.2) is 4.39 Å². The highest BCUT2D eigenvalue weighted by atomic mass is 19.1. The van der Waals surface area contributed by atoms with Crippen LogP contribution in [-0.4, -0.2) is 48.1 Å². The predicted molar refractivity (Wildman–Crippen MR) is 103 cm³/mol. The van der Waals surface area contributed by atoms with Crippen molar-refractivity contribution in [2.24, 2.45) is 5.92 Å². The number of rotatable bonds is 3. The molecule has 1 saturated heterocycles. The van der Waals surface area contributed by atoms with Gasteiger partial charge in [0.1, 0.15) is 11.4 Å². The molecule has 29 heavy (non-hydrogen) atoms. The topological polar surface area (TPSA) is 80.6 Å². The van der Waals surface area contributed by atoms with Gasteiger partial charge in [0.2, 0.25) is 5.91 Å². The Hall–Kier alpha value is -3.00. The standard InChI is InChI=1S/C21H22FN3O4/c1-23-19(26)18-17-6-8-24(20(27)13-7-9-29-12-13)10-14(17)11-25(21(18)28)16-4-2-15(22)3-5-16/h2-5,11,13H,6-10,12H2,1H3,(H,23,26). The van der Waals surface area contributed by atoms with Gasteiger partial charge in [0.05, 0.1) is 12.5 Å². The van der Waals surface area contributed by atoms with Crippen LogP contribution >= 0.6 is 0 Å². The lowest BCUT2D eigenvalue weighted by molar-refractivity contribution is -0.136. The first kappa shape index (κ1) is 19.3. The molecule has 8 heteroatoms. The number of carbonyl (C=O) groups excluding carboxylic acids is 2. The van der Waals surface area contributed by atoms with Crippen molar-refractivity contribution in [3.63, 3.8) is 0 Å². The number of carbonyl (C=O) groups is 2. The normalized spacial score (nSPS) is 18.4. The fourth-order valence-electron chi connectivity index (χ4n) is 3.98. The largest absolute Gasteiger partial charge is 0.381 e. The lowest BCUT2D eigenvalue weighted by atomic mass is 9.94. The molecule has 0 aliphatic carbocycles. The molecule has 1 aromatic carbocycles. The van der Waals surface area contributed by atoms with Gasteiger partial charge in [-0.2, -0.15) is 0 Å². The fraction of sp³-hybridized carbons (Fsp3) is 0.381. The van der Waals surface area contributed by atoms with Crippen LogP contribution in [0.3, 0.4) is 0 Å². The minimum atomic E-state index is -0.466. The highest BCUT2D eigenvalue weighted by molar-refractivity contribution is 5.95. The Morgan fingerprint density at radius 2 is 2.00 bits per heavy atom. The molecule has 0 bridgehead atoms. The van der Waals surface area contributed by atoms with Crippen molar-refractivity contribution >= 4 is 11.8 Å². The molecule has 4 rings (SSSR count). The SMILES string of the molecule is CNC(=O)c1c2c(cn(-c3ccc(F)cc3)c1=O)CN(C(=O)C1CCOC1)CC2. The first-order chi connectivity index (χ1) is 14.0. The number of nitrogens with zero attached hydrogens (tertiary/aromatic N) is 2. The van der Waals surface area contributed by atoms with Crippen molar-refractivity contribution in [3.8, 4) is 5.69 Å². The molecule has 1 fully saturated rings. The van der Waals surface area contributed by atoms with E-state index in [1.54, 1.807) is 11.1 Å². The average molecular weight is 399 g/mol. The quantitative estimate of drug-likeness (QED) is 0.843. The van der Waals surface area contributed by atoms with E-state index in [-0.39, 0.29) is 17.4 Å². The van der Waals surface area contributed by atoms with Crippen LogP contribution in [0.2, 0.25) is 0 Å². The Bertz CT molecular complexity index is 1010. The average Bonchev–Trinajstić information content (AvgIpc) is 3.27. The van der Waals surface area contributed by atoms with Crippen molar-refractivity contribution < 1.29 is 18.7 Å². The molecule has 1 aromatic heterocycles. The molecule has 152 valence electrons. The Morgan fingerprint density at radius 3 is 2.66 bits per heavy atom. The number of pyridine rings is 1. The summed E-state index contributed by atoms with van der Waals surface area (Å²) in [4.78, 5) is 40.1. The summed E-state index contributed by atoms with van der Waals surface area (Å²) < 4.78 is 20.0. The number of nitrogens with one attached hydrogen (secondary N) is 1. The summed E-state index contributed by atoms with van der Waals surface area (Å²) in [5, 5.41) is 2.53. The van der Waals surface area contributed by atoms with Crippen LogP contribution in [-0.2, 0) is 22.5 Å². The third-order valence-electron chi connectivity index (χ3n) is 5.55. The maximum Gasteiger partial charge on any atom is 0.268 e. The van der Waals surface area contributed by atoms with Gasteiger partial charge in [-0.05, 0) is 48.2 Å². The van der Waals surface area contributed by atoms with E-state index in [0.29, 0.717) is 50.4 Å². The summed E-state index contributed by atoms with van der Waals surface area (Å²) in [5.74, 6) is -0.986. The predicted octanol–water partition coefficient (Wildman–Crippen LogP) is 1.26. The number of ether oxygens (including phenoxy) is 1. The Kier molecular flexibility index (Phi) is 5.19. The van der Waals surface area contributed by atoms with Gasteiger partial charge < -0.3 is 15.0 Å². The second kappa shape index (κ2) is 7.79. The number of benzene rings is 1. The minimum absolute atomic E-state index is 0.0363. The van der Waals surface area contributed by atoms with Crippen molar-refractivity contribution in [1.29, 1.82) is 0 Å². The van der Waals surface area contributed by atoms with E-state index >= 15 is 0 Å². The molecular weight excluding hydrogens is 377 g/mol. The van der Waals surface area contributed by atoms with Gasteiger partial charge in [-0.15, -0.1) is 0 Å². The molecule has 1 unspecified atom stereocenters. The Labute approximate surface area is 167 Å². The van der Waals surface area contributed by atoms with Gasteiger partial charge >= 0.3 is 0 Å². The molecule has 0 radical (unpaired) electrons. The van der Waals surface area contributed by atoms with Crippen LogP contribution in [0, 0.1) is 11.7 Å². The Balaban J connectivity index is 1.77. The van der Waals surface area contributed by atoms with Crippen LogP contribution in [0.25, 0.3) is 5.69 Å². The summed E-state index contributed by atoms with van der Waals surface area (Å²) in [6, 6.07) is 5.49. The zero-order valence-corrected chi connectivity index (χ0v) is 16.1. The number of halogens is 1. The summed E-state index contributed by atoms with van der Waals surface area (Å²) in [7, 11) is 1.47. The maximum absolute atomic E-state index is 13.3. The first-order valence-electron chi connectivity index (χ1n) is 9.61. The first-order valence-corrected chi connectivity index (χ1v) is 9.61. The van der Waals surface area contributed by atoms with E-state index in [1.165, 1.54) is 35.9 Å². The van der Waals surface area contributed by atoms with Crippen LogP contribution in [0.1, 0.15) is 27.9 Å².